The molecule has 2 aromatic carbocycles. The van der Waals surface area contributed by atoms with Crippen molar-refractivity contribution in [3.05, 3.63) is 57.6 Å². The standard InChI is InChI=1S/C17H18BrNO2/c1-10-8-13(18)11(2)7-12(10)17(19)16-9-20-14-5-3-4-6-15(14)21-16/h3-8,16-17H,9,19H2,1-2H3. The van der Waals surface area contributed by atoms with Gasteiger partial charge in [0.15, 0.2) is 17.6 Å². The van der Waals surface area contributed by atoms with Crippen LogP contribution >= 0.6 is 15.9 Å². The molecule has 4 heteroatoms. The predicted octanol–water partition coefficient (Wildman–Crippen LogP) is 3.91. The highest BCUT2D eigenvalue weighted by Gasteiger charge is 2.28. The number of nitrogens with two attached hydrogens (primary N) is 1. The summed E-state index contributed by atoms with van der Waals surface area (Å²) >= 11 is 3.55. The van der Waals surface area contributed by atoms with Crippen LogP contribution in [0.25, 0.3) is 0 Å². The van der Waals surface area contributed by atoms with E-state index in [1.165, 1.54) is 5.56 Å². The van der Waals surface area contributed by atoms with Crippen LogP contribution in [0.15, 0.2) is 40.9 Å². The lowest BCUT2D eigenvalue weighted by Gasteiger charge is -2.31. The second-order valence-corrected chi connectivity index (χ2v) is 6.25. The predicted molar refractivity (Wildman–Crippen MR) is 86.9 cm³/mol. The van der Waals surface area contributed by atoms with Gasteiger partial charge in [0.05, 0.1) is 6.04 Å². The minimum absolute atomic E-state index is 0.181. The summed E-state index contributed by atoms with van der Waals surface area (Å²) in [5.41, 5.74) is 9.85. The van der Waals surface area contributed by atoms with E-state index in [-0.39, 0.29) is 12.1 Å². The minimum Gasteiger partial charge on any atom is -0.486 e. The maximum atomic E-state index is 6.43. The topological polar surface area (TPSA) is 44.5 Å². The lowest BCUT2D eigenvalue weighted by molar-refractivity contribution is 0.0719. The molecule has 110 valence electrons. The lowest BCUT2D eigenvalue weighted by Crippen LogP contribution is -2.39. The fourth-order valence-electron chi connectivity index (χ4n) is 2.58. The van der Waals surface area contributed by atoms with Crippen molar-refractivity contribution < 1.29 is 9.47 Å². The summed E-state index contributed by atoms with van der Waals surface area (Å²) < 4.78 is 12.9. The largest absolute Gasteiger partial charge is 0.486 e. The number of benzene rings is 2. The van der Waals surface area contributed by atoms with E-state index in [0.29, 0.717) is 6.61 Å². The molecule has 0 spiro atoms. The highest BCUT2D eigenvalue weighted by Crippen LogP contribution is 2.35. The maximum absolute atomic E-state index is 6.43. The lowest BCUT2D eigenvalue weighted by atomic mass is 9.95. The number of ether oxygens (including phenoxy) is 2. The Labute approximate surface area is 133 Å². The molecule has 2 unspecified atom stereocenters. The van der Waals surface area contributed by atoms with Gasteiger partial charge in [0.1, 0.15) is 6.61 Å². The fourth-order valence-corrected chi connectivity index (χ4v) is 3.03. The molecule has 0 aliphatic carbocycles. The van der Waals surface area contributed by atoms with E-state index in [0.717, 1.165) is 27.1 Å². The Kier molecular flexibility index (Phi) is 3.91. The first-order valence-electron chi connectivity index (χ1n) is 6.97. The van der Waals surface area contributed by atoms with Crippen LogP contribution < -0.4 is 15.2 Å². The third-order valence-corrected chi connectivity index (χ3v) is 4.69. The van der Waals surface area contributed by atoms with Crippen LogP contribution in [-0.2, 0) is 0 Å². The van der Waals surface area contributed by atoms with Crippen molar-refractivity contribution in [1.29, 1.82) is 0 Å². The van der Waals surface area contributed by atoms with E-state index in [1.807, 2.05) is 24.3 Å². The van der Waals surface area contributed by atoms with Crippen LogP contribution in [-0.4, -0.2) is 12.7 Å². The van der Waals surface area contributed by atoms with Crippen LogP contribution in [0.1, 0.15) is 22.7 Å². The molecule has 0 aromatic heterocycles. The average molecular weight is 348 g/mol. The summed E-state index contributed by atoms with van der Waals surface area (Å²) in [5, 5.41) is 0. The van der Waals surface area contributed by atoms with E-state index in [1.54, 1.807) is 0 Å². The zero-order valence-electron chi connectivity index (χ0n) is 12.1. The molecule has 1 heterocycles. The van der Waals surface area contributed by atoms with Crippen molar-refractivity contribution in [3.8, 4) is 11.5 Å². The van der Waals surface area contributed by atoms with Gasteiger partial charge in [0.25, 0.3) is 0 Å². The summed E-state index contributed by atoms with van der Waals surface area (Å²) in [7, 11) is 0. The molecule has 2 aromatic rings. The van der Waals surface area contributed by atoms with E-state index >= 15 is 0 Å². The quantitative estimate of drug-likeness (QED) is 0.895. The van der Waals surface area contributed by atoms with Crippen molar-refractivity contribution in [2.75, 3.05) is 6.61 Å². The molecule has 0 saturated heterocycles. The molecule has 2 atom stereocenters. The Morgan fingerprint density at radius 3 is 2.62 bits per heavy atom. The molecule has 21 heavy (non-hydrogen) atoms. The number of halogens is 1. The monoisotopic (exact) mass is 347 g/mol. The molecule has 0 amide bonds. The average Bonchev–Trinajstić information content (AvgIpc) is 2.50. The van der Waals surface area contributed by atoms with Gasteiger partial charge < -0.3 is 15.2 Å². The zero-order chi connectivity index (χ0) is 15.0. The van der Waals surface area contributed by atoms with Crippen molar-refractivity contribution in [1.82, 2.24) is 0 Å². The number of rotatable bonds is 2. The third-order valence-electron chi connectivity index (χ3n) is 3.84. The van der Waals surface area contributed by atoms with Crippen LogP contribution in [0.4, 0.5) is 0 Å². The maximum Gasteiger partial charge on any atom is 0.161 e. The zero-order valence-corrected chi connectivity index (χ0v) is 13.7. The highest BCUT2D eigenvalue weighted by molar-refractivity contribution is 9.10. The van der Waals surface area contributed by atoms with Crippen LogP contribution in [0, 0.1) is 13.8 Å². The molecule has 0 saturated carbocycles. The summed E-state index contributed by atoms with van der Waals surface area (Å²) in [5.74, 6) is 1.54. The first-order chi connectivity index (χ1) is 10.1. The van der Waals surface area contributed by atoms with Crippen molar-refractivity contribution in [3.63, 3.8) is 0 Å². The Bertz CT molecular complexity index is 672. The van der Waals surface area contributed by atoms with Crippen LogP contribution in [0.3, 0.4) is 0 Å². The van der Waals surface area contributed by atoms with Crippen LogP contribution in [0.5, 0.6) is 11.5 Å². The van der Waals surface area contributed by atoms with E-state index in [2.05, 4.69) is 41.9 Å². The van der Waals surface area contributed by atoms with E-state index < -0.39 is 0 Å². The summed E-state index contributed by atoms with van der Waals surface area (Å²) in [6, 6.07) is 11.7. The second kappa shape index (κ2) is 5.70. The molecular formula is C17H18BrNO2. The van der Waals surface area contributed by atoms with Gasteiger partial charge in [-0.3, -0.25) is 0 Å². The number of fused-ring (bicyclic) bond motifs is 1. The van der Waals surface area contributed by atoms with Gasteiger partial charge in [-0.15, -0.1) is 0 Å². The van der Waals surface area contributed by atoms with Gasteiger partial charge in [0, 0.05) is 4.47 Å². The summed E-state index contributed by atoms with van der Waals surface area (Å²) in [6.07, 6.45) is -0.181. The van der Waals surface area contributed by atoms with Crippen molar-refractivity contribution >= 4 is 15.9 Å². The number of hydrogen-bond acceptors (Lipinski definition) is 3. The molecule has 1 aliphatic heterocycles. The SMILES string of the molecule is Cc1cc(C(N)C2COc3ccccc3O2)c(C)cc1Br. The smallest absolute Gasteiger partial charge is 0.161 e. The summed E-state index contributed by atoms with van der Waals surface area (Å²) in [6.45, 7) is 4.59. The van der Waals surface area contributed by atoms with Gasteiger partial charge in [-0.1, -0.05) is 34.1 Å². The molecule has 3 nitrogen and oxygen atoms in total. The molecule has 3 rings (SSSR count). The third kappa shape index (κ3) is 2.78. The Morgan fingerprint density at radius 1 is 1.14 bits per heavy atom. The van der Waals surface area contributed by atoms with Gasteiger partial charge in [-0.05, 0) is 48.7 Å². The van der Waals surface area contributed by atoms with Gasteiger partial charge in [-0.25, -0.2) is 0 Å². The first kappa shape index (κ1) is 14.4. The number of hydrogen-bond donors (Lipinski definition) is 1. The van der Waals surface area contributed by atoms with Crippen LogP contribution in [0.2, 0.25) is 0 Å². The molecule has 0 fully saturated rings. The molecule has 0 radical (unpaired) electrons. The van der Waals surface area contributed by atoms with Gasteiger partial charge >= 0.3 is 0 Å². The van der Waals surface area contributed by atoms with Gasteiger partial charge in [0.2, 0.25) is 0 Å². The van der Waals surface area contributed by atoms with Crippen molar-refractivity contribution in [2.45, 2.75) is 26.0 Å². The Balaban J connectivity index is 1.87. The Morgan fingerprint density at radius 2 is 1.86 bits per heavy atom. The number of aryl methyl sites for hydroxylation is 2. The fraction of sp³-hybridized carbons (Fsp3) is 0.294. The summed E-state index contributed by atoms with van der Waals surface area (Å²) in [4.78, 5) is 0. The first-order valence-corrected chi connectivity index (χ1v) is 7.76. The van der Waals surface area contributed by atoms with Crippen molar-refractivity contribution in [2.24, 2.45) is 5.73 Å². The normalized spacial score (nSPS) is 18.4. The van der Waals surface area contributed by atoms with E-state index in [9.17, 15) is 0 Å². The molecule has 0 bridgehead atoms. The number of para-hydroxylation sites is 2. The Hall–Kier alpha value is -1.52. The van der Waals surface area contributed by atoms with E-state index in [4.69, 9.17) is 15.2 Å². The second-order valence-electron chi connectivity index (χ2n) is 5.40. The minimum atomic E-state index is -0.217. The van der Waals surface area contributed by atoms with Gasteiger partial charge in [-0.2, -0.15) is 0 Å². The highest BCUT2D eigenvalue weighted by atomic mass is 79.9. The molecule has 1 aliphatic rings. The molecular weight excluding hydrogens is 330 g/mol. The molecule has 2 N–H and O–H groups in total.